The molecule has 94 valence electrons. The molecule has 8 nitrogen and oxygen atoms in total. The van der Waals surface area contributed by atoms with Gasteiger partial charge in [0.05, 0.1) is 7.11 Å². The topological polar surface area (TPSA) is 103 Å². The molecule has 0 unspecified atom stereocenters. The number of rotatable bonds is 2. The molecule has 2 fully saturated rings. The van der Waals surface area contributed by atoms with Crippen LogP contribution in [0.3, 0.4) is 0 Å². The maximum Gasteiger partial charge on any atom is 0.335 e. The van der Waals surface area contributed by atoms with Gasteiger partial charge in [0.25, 0.3) is 0 Å². The maximum absolute atomic E-state index is 11.5. The lowest BCUT2D eigenvalue weighted by atomic mass is 10.1. The number of esters is 1. The third kappa shape index (κ3) is 2.07. The smallest absolute Gasteiger partial charge is 0.335 e. The Bertz CT molecular complexity index is 379. The Balaban J connectivity index is 2.21. The van der Waals surface area contributed by atoms with Crippen LogP contribution in [0.25, 0.3) is 10.4 Å². The van der Waals surface area contributed by atoms with Gasteiger partial charge in [0.1, 0.15) is 12.1 Å². The molecule has 17 heavy (non-hydrogen) atoms. The van der Waals surface area contributed by atoms with E-state index in [-0.39, 0.29) is 0 Å². The van der Waals surface area contributed by atoms with Gasteiger partial charge in [0.2, 0.25) is 0 Å². The Labute approximate surface area is 97.4 Å². The highest BCUT2D eigenvalue weighted by Gasteiger charge is 2.56. The van der Waals surface area contributed by atoms with Gasteiger partial charge in [-0.2, -0.15) is 0 Å². The predicted octanol–water partition coefficient (Wildman–Crippen LogP) is 0.715. The third-order valence-corrected chi connectivity index (χ3v) is 2.63. The van der Waals surface area contributed by atoms with E-state index in [1.807, 2.05) is 0 Å². The second-order valence-corrected chi connectivity index (χ2v) is 4.24. The molecule has 4 atom stereocenters. The van der Waals surface area contributed by atoms with Crippen molar-refractivity contribution in [2.75, 3.05) is 7.11 Å². The van der Waals surface area contributed by atoms with Crippen molar-refractivity contribution in [1.29, 1.82) is 0 Å². The average Bonchev–Trinajstić information content (AvgIpc) is 2.72. The zero-order valence-corrected chi connectivity index (χ0v) is 9.69. The largest absolute Gasteiger partial charge is 0.467 e. The van der Waals surface area contributed by atoms with Gasteiger partial charge in [0.15, 0.2) is 18.2 Å². The molecule has 0 aromatic heterocycles. The Hall–Kier alpha value is -1.34. The van der Waals surface area contributed by atoms with Crippen LogP contribution < -0.4 is 0 Å². The zero-order chi connectivity index (χ0) is 12.6. The summed E-state index contributed by atoms with van der Waals surface area (Å²) in [6, 6.07) is -0.778. The van der Waals surface area contributed by atoms with Crippen LogP contribution in [-0.4, -0.2) is 43.4 Å². The summed E-state index contributed by atoms with van der Waals surface area (Å²) in [7, 11) is 1.23. The summed E-state index contributed by atoms with van der Waals surface area (Å²) in [6.45, 7) is 3.43. The number of ether oxygens (including phenoxy) is 4. The first-order valence-electron chi connectivity index (χ1n) is 5.11. The van der Waals surface area contributed by atoms with Gasteiger partial charge < -0.3 is 18.9 Å². The fourth-order valence-corrected chi connectivity index (χ4v) is 1.99. The van der Waals surface area contributed by atoms with Crippen LogP contribution in [0.5, 0.6) is 0 Å². The molecule has 0 amide bonds. The summed E-state index contributed by atoms with van der Waals surface area (Å²) < 4.78 is 20.9. The summed E-state index contributed by atoms with van der Waals surface area (Å²) in [6.07, 6.45) is -2.29. The molecular weight excluding hydrogens is 230 g/mol. The number of hydrogen-bond acceptors (Lipinski definition) is 6. The minimum atomic E-state index is -0.984. The third-order valence-electron chi connectivity index (χ3n) is 2.63. The Kier molecular flexibility index (Phi) is 2.96. The predicted molar refractivity (Wildman–Crippen MR) is 53.6 cm³/mol. The summed E-state index contributed by atoms with van der Waals surface area (Å²) in [4.78, 5) is 14.1. The summed E-state index contributed by atoms with van der Waals surface area (Å²) in [5.74, 6) is -1.43. The van der Waals surface area contributed by atoms with Crippen molar-refractivity contribution in [3.8, 4) is 0 Å². The van der Waals surface area contributed by atoms with Crippen LogP contribution in [0.1, 0.15) is 13.8 Å². The minimum Gasteiger partial charge on any atom is -0.467 e. The van der Waals surface area contributed by atoms with E-state index in [4.69, 9.17) is 19.7 Å². The monoisotopic (exact) mass is 243 g/mol. The van der Waals surface area contributed by atoms with Crippen molar-refractivity contribution < 1.29 is 23.7 Å². The van der Waals surface area contributed by atoms with E-state index in [1.165, 1.54) is 7.11 Å². The number of methoxy groups -OCH3 is 1. The molecule has 8 heteroatoms. The highest BCUT2D eigenvalue weighted by Crippen LogP contribution is 2.39. The van der Waals surface area contributed by atoms with Crippen molar-refractivity contribution in [1.82, 2.24) is 0 Å². The van der Waals surface area contributed by atoms with E-state index in [0.29, 0.717) is 0 Å². The SMILES string of the molecule is COC(=O)[C@H]1O[C@@H]2OC(C)(C)O[C@@H]2[C@H]1N=[N+]=[N-]. The van der Waals surface area contributed by atoms with Gasteiger partial charge >= 0.3 is 5.97 Å². The molecule has 0 aromatic carbocycles. The second kappa shape index (κ2) is 4.15. The van der Waals surface area contributed by atoms with Crippen LogP contribution in [0.2, 0.25) is 0 Å². The number of carbonyl (C=O) groups is 1. The Morgan fingerprint density at radius 3 is 2.76 bits per heavy atom. The van der Waals surface area contributed by atoms with Gasteiger partial charge in [-0.25, -0.2) is 4.79 Å². The van der Waals surface area contributed by atoms with Crippen LogP contribution in [0.4, 0.5) is 0 Å². The molecule has 2 aliphatic rings. The fraction of sp³-hybridized carbons (Fsp3) is 0.889. The molecule has 0 spiro atoms. The summed E-state index contributed by atoms with van der Waals surface area (Å²) >= 11 is 0. The summed E-state index contributed by atoms with van der Waals surface area (Å²) in [5, 5.41) is 3.53. The molecule has 2 rings (SSSR count). The van der Waals surface area contributed by atoms with Crippen LogP contribution in [-0.2, 0) is 23.7 Å². The van der Waals surface area contributed by atoms with E-state index < -0.39 is 36.3 Å². The highest BCUT2D eigenvalue weighted by molar-refractivity contribution is 5.76. The zero-order valence-electron chi connectivity index (χ0n) is 9.69. The number of fused-ring (bicyclic) bond motifs is 1. The van der Waals surface area contributed by atoms with E-state index in [1.54, 1.807) is 13.8 Å². The van der Waals surface area contributed by atoms with Crippen molar-refractivity contribution in [3.63, 3.8) is 0 Å². The minimum absolute atomic E-state index is 0.593. The molecule has 0 aromatic rings. The lowest BCUT2D eigenvalue weighted by molar-refractivity contribution is -0.211. The molecule has 2 saturated heterocycles. The van der Waals surface area contributed by atoms with Gasteiger partial charge in [-0.15, -0.1) is 0 Å². The van der Waals surface area contributed by atoms with Gasteiger partial charge in [0, 0.05) is 4.91 Å². The number of carbonyl (C=O) groups excluding carboxylic acids is 1. The van der Waals surface area contributed by atoms with E-state index >= 15 is 0 Å². The molecule has 2 heterocycles. The molecule has 0 aliphatic carbocycles. The van der Waals surface area contributed by atoms with E-state index in [0.717, 1.165) is 0 Å². The van der Waals surface area contributed by atoms with Crippen molar-refractivity contribution in [2.45, 2.75) is 44.2 Å². The van der Waals surface area contributed by atoms with Crippen molar-refractivity contribution in [3.05, 3.63) is 10.4 Å². The van der Waals surface area contributed by atoms with Crippen LogP contribution >= 0.6 is 0 Å². The first-order chi connectivity index (χ1) is 7.98. The first-order valence-corrected chi connectivity index (χ1v) is 5.11. The maximum atomic E-state index is 11.5. The molecule has 0 bridgehead atoms. The average molecular weight is 243 g/mol. The Morgan fingerprint density at radius 2 is 2.18 bits per heavy atom. The molecule has 0 radical (unpaired) electrons. The van der Waals surface area contributed by atoms with Crippen molar-refractivity contribution in [2.24, 2.45) is 5.11 Å². The van der Waals surface area contributed by atoms with E-state index in [9.17, 15) is 4.79 Å². The lowest BCUT2D eigenvalue weighted by Gasteiger charge is -2.21. The normalized spacial score (nSPS) is 38.3. The molecule has 0 saturated carbocycles. The lowest BCUT2D eigenvalue weighted by Crippen LogP contribution is -2.37. The number of azide groups is 1. The van der Waals surface area contributed by atoms with Crippen molar-refractivity contribution >= 4 is 5.97 Å². The second-order valence-electron chi connectivity index (χ2n) is 4.24. The standard InChI is InChI=1S/C9H13N3O5/c1-9(2)16-6-4(11-12-10)5(7(13)14-3)15-8(6)17-9/h4-6,8H,1-3H3/t4-,5-,6+,8+/m0/s1. The number of nitrogens with zero attached hydrogens (tertiary/aromatic N) is 3. The van der Waals surface area contributed by atoms with Crippen LogP contribution in [0.15, 0.2) is 5.11 Å². The molecular formula is C9H13N3O5. The first kappa shape index (κ1) is 12.1. The number of hydrogen-bond donors (Lipinski definition) is 0. The van der Waals surface area contributed by atoms with Gasteiger partial charge in [-0.05, 0) is 19.4 Å². The molecule has 0 N–H and O–H groups in total. The Morgan fingerprint density at radius 1 is 1.47 bits per heavy atom. The van der Waals surface area contributed by atoms with Gasteiger partial charge in [-0.3, -0.25) is 0 Å². The van der Waals surface area contributed by atoms with E-state index in [2.05, 4.69) is 14.8 Å². The fourth-order valence-electron chi connectivity index (χ4n) is 1.99. The molecule has 2 aliphatic heterocycles. The quantitative estimate of drug-likeness (QED) is 0.307. The van der Waals surface area contributed by atoms with Crippen LogP contribution in [0, 0.1) is 0 Å². The van der Waals surface area contributed by atoms with Gasteiger partial charge in [-0.1, -0.05) is 5.11 Å². The summed E-state index contributed by atoms with van der Waals surface area (Å²) in [5.41, 5.74) is 8.50. The highest BCUT2D eigenvalue weighted by atomic mass is 16.8.